The molecule has 0 atom stereocenters. The number of rotatable bonds is 9. The van der Waals surface area contributed by atoms with Crippen LogP contribution in [0.3, 0.4) is 0 Å². The van der Waals surface area contributed by atoms with Gasteiger partial charge in [0.05, 0.1) is 24.0 Å². The molecule has 3 aromatic carbocycles. The largest absolute Gasteiger partial charge is 0.478 e. The van der Waals surface area contributed by atoms with Crippen molar-refractivity contribution in [1.82, 2.24) is 18.8 Å². The molecule has 41 heavy (non-hydrogen) atoms. The first-order chi connectivity index (χ1) is 19.9. The van der Waals surface area contributed by atoms with E-state index in [0.717, 1.165) is 10.2 Å². The summed E-state index contributed by atoms with van der Waals surface area (Å²) < 4.78 is 28.6. The van der Waals surface area contributed by atoms with E-state index in [-0.39, 0.29) is 52.6 Å². The van der Waals surface area contributed by atoms with Gasteiger partial charge in [0.25, 0.3) is 0 Å². The third-order valence-corrected chi connectivity index (χ3v) is 7.57. The molecule has 206 valence electrons. The van der Waals surface area contributed by atoms with E-state index in [1.807, 2.05) is 36.4 Å². The summed E-state index contributed by atoms with van der Waals surface area (Å²) in [6, 6.07) is 24.7. The second-order valence-electron chi connectivity index (χ2n) is 9.75. The zero-order chi connectivity index (χ0) is 28.5. The van der Waals surface area contributed by atoms with Gasteiger partial charge in [-0.3, -0.25) is 10.3 Å². The van der Waals surface area contributed by atoms with Gasteiger partial charge in [0.2, 0.25) is 0 Å². The lowest BCUT2D eigenvalue weighted by Crippen LogP contribution is -2.56. The summed E-state index contributed by atoms with van der Waals surface area (Å²) in [5.74, 6) is -1.75. The molecular formula is C30H24F2N6O2S. The lowest BCUT2D eigenvalue weighted by Gasteiger charge is -2.45. The number of carboxylic acids is 1. The third kappa shape index (κ3) is 5.17. The molecule has 1 aliphatic rings. The predicted octanol–water partition coefficient (Wildman–Crippen LogP) is 5.95. The van der Waals surface area contributed by atoms with Crippen LogP contribution in [0.15, 0.2) is 91.3 Å². The zero-order valence-corrected chi connectivity index (χ0v) is 22.4. The topological polar surface area (TPSA) is 107 Å². The van der Waals surface area contributed by atoms with E-state index in [1.165, 1.54) is 35.5 Å². The lowest BCUT2D eigenvalue weighted by molar-refractivity contribution is 0.0698. The van der Waals surface area contributed by atoms with Gasteiger partial charge in [-0.15, -0.1) is 3.89 Å². The summed E-state index contributed by atoms with van der Waals surface area (Å²) in [5, 5.41) is 21.7. The minimum absolute atomic E-state index is 0.000984. The van der Waals surface area contributed by atoms with Crippen molar-refractivity contribution in [2.45, 2.75) is 12.1 Å². The van der Waals surface area contributed by atoms with Gasteiger partial charge in [-0.1, -0.05) is 60.7 Å². The van der Waals surface area contributed by atoms with Crippen molar-refractivity contribution in [2.24, 2.45) is 0 Å². The van der Waals surface area contributed by atoms with Gasteiger partial charge >= 0.3 is 5.97 Å². The van der Waals surface area contributed by atoms with E-state index < -0.39 is 11.8 Å². The third-order valence-electron chi connectivity index (χ3n) is 7.14. The van der Waals surface area contributed by atoms with Crippen LogP contribution in [-0.2, 0) is 0 Å². The first-order valence-electron chi connectivity index (χ1n) is 12.8. The molecule has 3 N–H and O–H groups in total. The molecular weight excluding hydrogens is 546 g/mol. The van der Waals surface area contributed by atoms with Gasteiger partial charge in [0.15, 0.2) is 18.0 Å². The number of hydrogen-bond acceptors (Lipinski definition) is 7. The number of aromatic nitrogens is 3. The van der Waals surface area contributed by atoms with Crippen LogP contribution in [0, 0.1) is 11.2 Å². The molecule has 8 nitrogen and oxygen atoms in total. The molecule has 0 amide bonds. The Morgan fingerprint density at radius 2 is 1.68 bits per heavy atom. The summed E-state index contributed by atoms with van der Waals surface area (Å²) in [6.45, 7) is 1.39. The van der Waals surface area contributed by atoms with Crippen LogP contribution in [0.25, 0.3) is 11.2 Å². The fourth-order valence-electron chi connectivity index (χ4n) is 5.21. The number of nitrogens with zero attached hydrogens (tertiary/aromatic N) is 4. The molecule has 6 rings (SSSR count). The first kappa shape index (κ1) is 26.6. The van der Waals surface area contributed by atoms with Crippen LogP contribution in [-0.4, -0.2) is 54.8 Å². The molecule has 0 radical (unpaired) electrons. The van der Waals surface area contributed by atoms with Crippen LogP contribution in [0.5, 0.6) is 0 Å². The smallest absolute Gasteiger partial charge is 0.339 e. The number of benzene rings is 3. The summed E-state index contributed by atoms with van der Waals surface area (Å²) >= 11 is -0.192. The monoisotopic (exact) mass is 570 g/mol. The standard InChI is InChI=1S/C30H24F2N6O2S/c31-20-11-12-22(26(33)25-14-34-29-27(36-25)23(30(39)40)17-38(29)41-32)24(13-20)35-21-15-37(16-21)28(18-7-3-1-4-8-18)19-9-5-2-6-10-19/h1-14,17,21,28,33,35H,15-16H2,(H,39,40). The van der Waals surface area contributed by atoms with Gasteiger partial charge < -0.3 is 10.4 Å². The number of fused-ring (bicyclic) bond motifs is 1. The van der Waals surface area contributed by atoms with E-state index in [0.29, 0.717) is 24.3 Å². The lowest BCUT2D eigenvalue weighted by atomic mass is 9.93. The van der Waals surface area contributed by atoms with Crippen molar-refractivity contribution in [3.8, 4) is 0 Å². The number of aromatic carboxylic acids is 1. The average molecular weight is 571 g/mol. The maximum absolute atomic E-state index is 14.4. The Kier molecular flexibility index (Phi) is 7.21. The van der Waals surface area contributed by atoms with Crippen LogP contribution in [0.4, 0.5) is 14.0 Å². The summed E-state index contributed by atoms with van der Waals surface area (Å²) in [5.41, 5.74) is 2.95. The normalized spacial score (nSPS) is 13.8. The molecule has 0 aliphatic carbocycles. The number of anilines is 1. The number of hydrogen-bond donors (Lipinski definition) is 3. The van der Waals surface area contributed by atoms with Crippen molar-refractivity contribution >= 4 is 40.9 Å². The molecule has 0 spiro atoms. The maximum Gasteiger partial charge on any atom is 0.339 e. The quantitative estimate of drug-likeness (QED) is 0.188. The minimum atomic E-state index is -1.29. The summed E-state index contributed by atoms with van der Waals surface area (Å²) in [7, 11) is 0. The molecule has 2 aromatic heterocycles. The Morgan fingerprint density at radius 1 is 1.02 bits per heavy atom. The highest BCUT2D eigenvalue weighted by molar-refractivity contribution is 7.92. The maximum atomic E-state index is 14.4. The van der Waals surface area contributed by atoms with Crippen LogP contribution >= 0.6 is 12.3 Å². The number of carbonyl (C=O) groups is 1. The van der Waals surface area contributed by atoms with Crippen molar-refractivity contribution in [3.63, 3.8) is 0 Å². The van der Waals surface area contributed by atoms with Crippen molar-refractivity contribution in [2.75, 3.05) is 18.4 Å². The highest BCUT2D eigenvalue weighted by atomic mass is 32.2. The van der Waals surface area contributed by atoms with Crippen molar-refractivity contribution < 1.29 is 18.2 Å². The molecule has 1 aliphatic heterocycles. The highest BCUT2D eigenvalue weighted by Crippen LogP contribution is 2.34. The fraction of sp³-hybridized carbons (Fsp3) is 0.133. The number of likely N-dealkylation sites (tertiary alicyclic amines) is 1. The highest BCUT2D eigenvalue weighted by Gasteiger charge is 2.34. The first-order valence-corrected chi connectivity index (χ1v) is 13.5. The average Bonchev–Trinajstić information content (AvgIpc) is 3.35. The van der Waals surface area contributed by atoms with E-state index in [2.05, 4.69) is 44.5 Å². The van der Waals surface area contributed by atoms with Gasteiger partial charge in [0, 0.05) is 30.5 Å². The number of halogens is 2. The van der Waals surface area contributed by atoms with Crippen LogP contribution < -0.4 is 5.32 Å². The Hall–Kier alpha value is -4.61. The molecule has 3 heterocycles. The number of carboxylic acid groups (broad SMARTS) is 1. The number of nitrogens with one attached hydrogen (secondary N) is 2. The Balaban J connectivity index is 1.25. The van der Waals surface area contributed by atoms with Crippen LogP contribution in [0.2, 0.25) is 0 Å². The molecule has 11 heteroatoms. The second kappa shape index (κ2) is 11.1. The van der Waals surface area contributed by atoms with E-state index >= 15 is 0 Å². The van der Waals surface area contributed by atoms with Crippen molar-refractivity contribution in [3.05, 3.63) is 125 Å². The van der Waals surface area contributed by atoms with Gasteiger partial charge in [0.1, 0.15) is 22.6 Å². The Bertz CT molecular complexity index is 1700. The zero-order valence-electron chi connectivity index (χ0n) is 21.5. The molecule has 0 saturated carbocycles. The molecule has 5 aromatic rings. The van der Waals surface area contributed by atoms with E-state index in [4.69, 9.17) is 5.41 Å². The second-order valence-corrected chi connectivity index (χ2v) is 10.3. The fourth-order valence-corrected chi connectivity index (χ4v) is 5.55. The van der Waals surface area contributed by atoms with Gasteiger partial charge in [-0.05, 0) is 29.3 Å². The van der Waals surface area contributed by atoms with Gasteiger partial charge in [-0.25, -0.2) is 23.1 Å². The SMILES string of the molecule is N=C(c1cnc2c(n1)c(C(=O)O)cn2SF)c1ccc(F)cc1NC1CN(C(c2ccccc2)c2ccccc2)C1. The Morgan fingerprint density at radius 3 is 2.29 bits per heavy atom. The Labute approximate surface area is 238 Å². The van der Waals surface area contributed by atoms with E-state index in [1.54, 1.807) is 0 Å². The molecule has 1 saturated heterocycles. The predicted molar refractivity (Wildman–Crippen MR) is 155 cm³/mol. The summed E-state index contributed by atoms with van der Waals surface area (Å²) in [6.07, 6.45) is 2.38. The van der Waals surface area contributed by atoms with Crippen LogP contribution in [0.1, 0.15) is 38.8 Å². The van der Waals surface area contributed by atoms with Gasteiger partial charge in [-0.2, -0.15) is 0 Å². The van der Waals surface area contributed by atoms with E-state index in [9.17, 15) is 18.2 Å². The molecule has 1 fully saturated rings. The van der Waals surface area contributed by atoms with Crippen molar-refractivity contribution in [1.29, 1.82) is 5.41 Å². The minimum Gasteiger partial charge on any atom is -0.478 e. The summed E-state index contributed by atoms with van der Waals surface area (Å²) in [4.78, 5) is 22.5. The molecule has 0 bridgehead atoms. The molecule has 0 unspecified atom stereocenters.